The smallest absolute Gasteiger partial charge is 0.238 e. The van der Waals surface area contributed by atoms with Crippen LogP contribution in [0, 0.1) is 0 Å². The molecule has 4 heteroatoms. The van der Waals surface area contributed by atoms with Gasteiger partial charge in [0.1, 0.15) is 0 Å². The Labute approximate surface area is 159 Å². The van der Waals surface area contributed by atoms with E-state index in [-0.39, 0.29) is 24.3 Å². The number of anilines is 1. The van der Waals surface area contributed by atoms with Crippen molar-refractivity contribution in [2.24, 2.45) is 0 Å². The summed E-state index contributed by atoms with van der Waals surface area (Å²) in [4.78, 5) is 25.1. The highest BCUT2D eigenvalue weighted by Crippen LogP contribution is 2.19. The van der Waals surface area contributed by atoms with E-state index < -0.39 is 0 Å². The predicted octanol–water partition coefficient (Wildman–Crippen LogP) is 4.21. The molecule has 3 aromatic carbocycles. The van der Waals surface area contributed by atoms with Gasteiger partial charge in [0.05, 0.1) is 12.2 Å². The Morgan fingerprint density at radius 2 is 1.41 bits per heavy atom. The van der Waals surface area contributed by atoms with E-state index in [0.717, 1.165) is 5.56 Å². The molecule has 0 spiro atoms. The number of benzene rings is 3. The topological polar surface area (TPSA) is 58.2 Å². The van der Waals surface area contributed by atoms with Crippen molar-refractivity contribution in [3.63, 3.8) is 0 Å². The van der Waals surface area contributed by atoms with Crippen molar-refractivity contribution in [1.82, 2.24) is 5.32 Å². The minimum atomic E-state index is -0.189. The molecule has 0 fully saturated rings. The molecule has 0 saturated heterocycles. The fraction of sp³-hybridized carbons (Fsp3) is 0.130. The lowest BCUT2D eigenvalue weighted by atomic mass is 10.0. The molecule has 0 aliphatic carbocycles. The zero-order chi connectivity index (χ0) is 19.1. The van der Waals surface area contributed by atoms with Gasteiger partial charge < -0.3 is 10.6 Å². The van der Waals surface area contributed by atoms with Crippen LogP contribution in [-0.2, 0) is 4.79 Å². The van der Waals surface area contributed by atoms with E-state index in [1.807, 2.05) is 55.5 Å². The number of carbonyl (C=O) groups excluding carboxylic acids is 2. The van der Waals surface area contributed by atoms with Gasteiger partial charge in [-0.1, -0.05) is 72.8 Å². The summed E-state index contributed by atoms with van der Waals surface area (Å²) < 4.78 is 0. The molecular formula is C23H22N2O2. The van der Waals surface area contributed by atoms with Crippen molar-refractivity contribution in [1.29, 1.82) is 0 Å². The largest absolute Gasteiger partial charge is 0.324 e. The van der Waals surface area contributed by atoms with Gasteiger partial charge in [-0.05, 0) is 24.6 Å². The predicted molar refractivity (Wildman–Crippen MR) is 108 cm³/mol. The highest BCUT2D eigenvalue weighted by Gasteiger charge is 2.15. The first kappa shape index (κ1) is 18.5. The number of nitrogens with one attached hydrogen (secondary N) is 2. The van der Waals surface area contributed by atoms with E-state index in [4.69, 9.17) is 0 Å². The minimum Gasteiger partial charge on any atom is -0.324 e. The average molecular weight is 358 g/mol. The van der Waals surface area contributed by atoms with Gasteiger partial charge in [-0.15, -0.1) is 0 Å². The molecule has 0 radical (unpaired) electrons. The molecule has 3 rings (SSSR count). The molecule has 3 aromatic rings. The van der Waals surface area contributed by atoms with Crippen LogP contribution in [0.2, 0.25) is 0 Å². The third kappa shape index (κ3) is 4.90. The lowest BCUT2D eigenvalue weighted by Gasteiger charge is -2.15. The molecule has 0 aliphatic rings. The van der Waals surface area contributed by atoms with Gasteiger partial charge >= 0.3 is 0 Å². The summed E-state index contributed by atoms with van der Waals surface area (Å²) in [5, 5.41) is 6.05. The number of rotatable bonds is 7. The van der Waals surface area contributed by atoms with Crippen LogP contribution in [0.3, 0.4) is 0 Å². The van der Waals surface area contributed by atoms with E-state index in [1.165, 1.54) is 0 Å². The van der Waals surface area contributed by atoms with Crippen LogP contribution in [0.15, 0.2) is 84.9 Å². The van der Waals surface area contributed by atoms with Gasteiger partial charge in [-0.2, -0.15) is 0 Å². The van der Waals surface area contributed by atoms with Crippen LogP contribution in [0.1, 0.15) is 34.5 Å². The van der Waals surface area contributed by atoms with Crippen molar-refractivity contribution >= 4 is 17.4 Å². The second kappa shape index (κ2) is 8.92. The molecule has 2 N–H and O–H groups in total. The van der Waals surface area contributed by atoms with E-state index >= 15 is 0 Å². The van der Waals surface area contributed by atoms with E-state index in [0.29, 0.717) is 16.8 Å². The van der Waals surface area contributed by atoms with Crippen molar-refractivity contribution in [2.75, 3.05) is 11.9 Å². The molecule has 4 nitrogen and oxygen atoms in total. The normalized spacial score (nSPS) is 11.6. The van der Waals surface area contributed by atoms with Crippen LogP contribution in [0.4, 0.5) is 5.69 Å². The summed E-state index contributed by atoms with van der Waals surface area (Å²) >= 11 is 0. The molecule has 27 heavy (non-hydrogen) atoms. The first-order chi connectivity index (χ1) is 13.1. The minimum absolute atomic E-state index is 0.0538. The summed E-state index contributed by atoms with van der Waals surface area (Å²) in [6.45, 7) is 2.17. The van der Waals surface area contributed by atoms with Crippen LogP contribution in [0.25, 0.3) is 0 Å². The number of para-hydroxylation sites is 1. The third-order valence-electron chi connectivity index (χ3n) is 4.35. The summed E-state index contributed by atoms with van der Waals surface area (Å²) in [6, 6.07) is 26.1. The molecule has 0 unspecified atom stereocenters. The van der Waals surface area contributed by atoms with Crippen molar-refractivity contribution < 1.29 is 9.59 Å². The molecule has 136 valence electrons. The van der Waals surface area contributed by atoms with Crippen molar-refractivity contribution in [2.45, 2.75) is 13.0 Å². The lowest BCUT2D eigenvalue weighted by molar-refractivity contribution is -0.115. The zero-order valence-electron chi connectivity index (χ0n) is 15.2. The Kier molecular flexibility index (Phi) is 6.13. The van der Waals surface area contributed by atoms with Gasteiger partial charge in [-0.25, -0.2) is 0 Å². The molecule has 0 saturated carbocycles. The molecule has 1 amide bonds. The fourth-order valence-electron chi connectivity index (χ4n) is 2.83. The van der Waals surface area contributed by atoms with Crippen LogP contribution in [-0.4, -0.2) is 18.2 Å². The summed E-state index contributed by atoms with van der Waals surface area (Å²) in [6.07, 6.45) is 0. The first-order valence-corrected chi connectivity index (χ1v) is 8.92. The number of ketones is 1. The van der Waals surface area contributed by atoms with Crippen LogP contribution >= 0.6 is 0 Å². The highest BCUT2D eigenvalue weighted by atomic mass is 16.2. The van der Waals surface area contributed by atoms with Crippen molar-refractivity contribution in [3.05, 3.63) is 102 Å². The molecule has 1 atom stereocenters. The molecule has 0 bridgehead atoms. The maximum absolute atomic E-state index is 12.7. The first-order valence-electron chi connectivity index (χ1n) is 8.92. The standard InChI is InChI=1S/C23H22N2O2/c1-17(18-10-4-2-5-11-18)24-16-22(26)25-21-15-9-8-14-20(21)23(27)19-12-6-3-7-13-19/h2-15,17,24H,16H2,1H3,(H,25,26)/t17-/m0/s1. The van der Waals surface area contributed by atoms with Crippen molar-refractivity contribution in [3.8, 4) is 0 Å². The zero-order valence-corrected chi connectivity index (χ0v) is 15.2. The maximum Gasteiger partial charge on any atom is 0.238 e. The number of carbonyl (C=O) groups is 2. The monoisotopic (exact) mass is 358 g/mol. The Bertz CT molecular complexity index is 908. The lowest BCUT2D eigenvalue weighted by Crippen LogP contribution is -2.30. The Balaban J connectivity index is 1.65. The molecule has 0 aromatic heterocycles. The van der Waals surface area contributed by atoms with E-state index in [2.05, 4.69) is 10.6 Å². The molecule has 0 aliphatic heterocycles. The van der Waals surface area contributed by atoms with Gasteiger partial charge in [0.15, 0.2) is 5.78 Å². The number of amides is 1. The van der Waals surface area contributed by atoms with E-state index in [1.54, 1.807) is 36.4 Å². The second-order valence-electron chi connectivity index (χ2n) is 6.30. The highest BCUT2D eigenvalue weighted by molar-refractivity contribution is 6.13. The van der Waals surface area contributed by atoms with Crippen LogP contribution < -0.4 is 10.6 Å². The summed E-state index contributed by atoms with van der Waals surface area (Å²) in [5.41, 5.74) is 2.71. The Morgan fingerprint density at radius 3 is 2.11 bits per heavy atom. The SMILES string of the molecule is C[C@H](NCC(=O)Nc1ccccc1C(=O)c1ccccc1)c1ccccc1. The third-order valence-corrected chi connectivity index (χ3v) is 4.35. The summed E-state index contributed by atoms with van der Waals surface area (Å²) in [5.74, 6) is -0.303. The Hall–Kier alpha value is -3.24. The van der Waals surface area contributed by atoms with Gasteiger partial charge in [-0.3, -0.25) is 9.59 Å². The average Bonchev–Trinajstić information content (AvgIpc) is 2.73. The number of hydrogen-bond donors (Lipinski definition) is 2. The van der Waals surface area contributed by atoms with Gasteiger partial charge in [0, 0.05) is 17.2 Å². The van der Waals surface area contributed by atoms with Gasteiger partial charge in [0.25, 0.3) is 0 Å². The Morgan fingerprint density at radius 1 is 0.815 bits per heavy atom. The summed E-state index contributed by atoms with van der Waals surface area (Å²) in [7, 11) is 0. The molecular weight excluding hydrogens is 336 g/mol. The van der Waals surface area contributed by atoms with E-state index in [9.17, 15) is 9.59 Å². The fourth-order valence-corrected chi connectivity index (χ4v) is 2.83. The second-order valence-corrected chi connectivity index (χ2v) is 6.30. The number of hydrogen-bond acceptors (Lipinski definition) is 3. The van der Waals surface area contributed by atoms with Gasteiger partial charge in [0.2, 0.25) is 5.91 Å². The van der Waals surface area contributed by atoms with Crippen LogP contribution in [0.5, 0.6) is 0 Å². The molecule has 0 heterocycles. The maximum atomic E-state index is 12.7. The quantitative estimate of drug-likeness (QED) is 0.622.